The van der Waals surface area contributed by atoms with Gasteiger partial charge in [0.15, 0.2) is 0 Å². The smallest absolute Gasteiger partial charge is 0.293 e. The number of halogens is 1. The summed E-state index contributed by atoms with van der Waals surface area (Å²) in [4.78, 5) is 25.1. The first-order valence-corrected chi connectivity index (χ1v) is 6.86. The van der Waals surface area contributed by atoms with Gasteiger partial charge in [0.25, 0.3) is 11.1 Å². The molecule has 0 saturated carbocycles. The first-order chi connectivity index (χ1) is 8.97. The number of benzene rings is 1. The number of imide groups is 1. The second-order valence-corrected chi connectivity index (χ2v) is 5.62. The van der Waals surface area contributed by atoms with Crippen LogP contribution in [0.25, 0.3) is 6.08 Å². The van der Waals surface area contributed by atoms with Crippen molar-refractivity contribution in [2.45, 2.75) is 13.0 Å². The molecule has 0 aromatic heterocycles. The number of hydrogen-bond donors (Lipinski definition) is 1. The average molecular weight is 298 g/mol. The monoisotopic (exact) mass is 297 g/mol. The SMILES string of the molecule is CC(O)CN1C(=O)SC(=Cc2ccc(Cl)cc2)C1=O. The van der Waals surface area contributed by atoms with Crippen LogP contribution < -0.4 is 0 Å². The minimum absolute atomic E-state index is 0.0165. The molecule has 1 aromatic carbocycles. The number of hydrogen-bond acceptors (Lipinski definition) is 4. The van der Waals surface area contributed by atoms with Crippen molar-refractivity contribution in [3.63, 3.8) is 0 Å². The van der Waals surface area contributed by atoms with Crippen molar-refractivity contribution < 1.29 is 14.7 Å². The molecule has 1 heterocycles. The lowest BCUT2D eigenvalue weighted by Gasteiger charge is -2.13. The number of aliphatic hydroxyl groups excluding tert-OH is 1. The summed E-state index contributed by atoms with van der Waals surface area (Å²) in [6, 6.07) is 6.97. The zero-order chi connectivity index (χ0) is 14.0. The van der Waals surface area contributed by atoms with Crippen molar-refractivity contribution in [3.8, 4) is 0 Å². The lowest BCUT2D eigenvalue weighted by molar-refractivity contribution is -0.123. The normalized spacial score (nSPS) is 19.3. The van der Waals surface area contributed by atoms with Crippen LogP contribution >= 0.6 is 23.4 Å². The van der Waals surface area contributed by atoms with E-state index in [9.17, 15) is 14.7 Å². The molecule has 1 saturated heterocycles. The maximum atomic E-state index is 12.0. The van der Waals surface area contributed by atoms with E-state index in [2.05, 4.69) is 0 Å². The molecule has 100 valence electrons. The molecule has 6 heteroatoms. The van der Waals surface area contributed by atoms with Crippen LogP contribution in [0.15, 0.2) is 29.2 Å². The fourth-order valence-electron chi connectivity index (χ4n) is 1.63. The third-order valence-electron chi connectivity index (χ3n) is 2.49. The molecule has 1 aliphatic rings. The van der Waals surface area contributed by atoms with E-state index in [0.717, 1.165) is 22.2 Å². The van der Waals surface area contributed by atoms with E-state index in [1.807, 2.05) is 0 Å². The lowest BCUT2D eigenvalue weighted by atomic mass is 10.2. The van der Waals surface area contributed by atoms with Crippen LogP contribution in [-0.4, -0.2) is 33.8 Å². The minimum atomic E-state index is -0.733. The molecule has 1 N–H and O–H groups in total. The maximum absolute atomic E-state index is 12.0. The molecule has 4 nitrogen and oxygen atoms in total. The Kier molecular flexibility index (Phi) is 4.29. The Morgan fingerprint density at radius 2 is 2.00 bits per heavy atom. The van der Waals surface area contributed by atoms with E-state index in [1.165, 1.54) is 6.92 Å². The number of β-amino-alcohol motifs (C(OH)–C–C–N with tert-alkyl or cyclic N) is 1. The topological polar surface area (TPSA) is 57.6 Å². The Hall–Kier alpha value is -1.30. The number of carbonyl (C=O) groups excluding carboxylic acids is 2. The van der Waals surface area contributed by atoms with Crippen molar-refractivity contribution in [2.24, 2.45) is 0 Å². The second kappa shape index (κ2) is 5.77. The van der Waals surface area contributed by atoms with Crippen LogP contribution in [0.4, 0.5) is 4.79 Å². The molecule has 1 atom stereocenters. The molecular weight excluding hydrogens is 286 g/mol. The Bertz CT molecular complexity index is 539. The highest BCUT2D eigenvalue weighted by atomic mass is 35.5. The van der Waals surface area contributed by atoms with Crippen molar-refractivity contribution in [2.75, 3.05) is 6.54 Å². The van der Waals surface area contributed by atoms with Gasteiger partial charge in [-0.15, -0.1) is 0 Å². The number of aliphatic hydroxyl groups is 1. The van der Waals surface area contributed by atoms with Crippen LogP contribution in [0.2, 0.25) is 5.02 Å². The second-order valence-electron chi connectivity index (χ2n) is 4.19. The minimum Gasteiger partial charge on any atom is -0.392 e. The van der Waals surface area contributed by atoms with Crippen LogP contribution in [-0.2, 0) is 4.79 Å². The summed E-state index contributed by atoms with van der Waals surface area (Å²) in [5.41, 5.74) is 0.798. The summed E-state index contributed by atoms with van der Waals surface area (Å²) in [5, 5.41) is 9.52. The van der Waals surface area contributed by atoms with Gasteiger partial charge in [0.2, 0.25) is 0 Å². The van der Waals surface area contributed by atoms with Gasteiger partial charge in [0, 0.05) is 5.02 Å². The van der Waals surface area contributed by atoms with Gasteiger partial charge < -0.3 is 5.11 Å². The van der Waals surface area contributed by atoms with Crippen LogP contribution in [0, 0.1) is 0 Å². The fraction of sp³-hybridized carbons (Fsp3) is 0.231. The molecule has 19 heavy (non-hydrogen) atoms. The molecule has 2 amide bonds. The van der Waals surface area contributed by atoms with Gasteiger partial charge in [0.05, 0.1) is 17.6 Å². The first kappa shape index (κ1) is 14.1. The Morgan fingerprint density at radius 1 is 1.37 bits per heavy atom. The van der Waals surface area contributed by atoms with E-state index in [1.54, 1.807) is 30.3 Å². The summed E-state index contributed by atoms with van der Waals surface area (Å²) in [5.74, 6) is -0.370. The van der Waals surface area contributed by atoms with Crippen molar-refractivity contribution in [1.82, 2.24) is 4.90 Å². The molecule has 0 spiro atoms. The molecule has 0 bridgehead atoms. The highest BCUT2D eigenvalue weighted by Crippen LogP contribution is 2.32. The fourth-order valence-corrected chi connectivity index (χ4v) is 2.61. The summed E-state index contributed by atoms with van der Waals surface area (Å²) in [6.45, 7) is 1.55. The molecule has 1 fully saturated rings. The number of carbonyl (C=O) groups is 2. The third-order valence-corrected chi connectivity index (χ3v) is 3.65. The van der Waals surface area contributed by atoms with E-state index in [4.69, 9.17) is 11.6 Å². The molecular formula is C13H12ClNO3S. The summed E-state index contributed by atoms with van der Waals surface area (Å²) < 4.78 is 0. The molecule has 1 unspecified atom stereocenters. The predicted molar refractivity (Wildman–Crippen MR) is 75.8 cm³/mol. The van der Waals surface area contributed by atoms with Gasteiger partial charge in [-0.3, -0.25) is 14.5 Å². The molecule has 1 aromatic rings. The van der Waals surface area contributed by atoms with Crippen molar-refractivity contribution in [3.05, 3.63) is 39.8 Å². The van der Waals surface area contributed by atoms with Gasteiger partial charge in [-0.25, -0.2) is 0 Å². The third kappa shape index (κ3) is 3.37. The van der Waals surface area contributed by atoms with E-state index in [-0.39, 0.29) is 17.7 Å². The summed E-state index contributed by atoms with van der Waals surface area (Å²) >= 11 is 6.65. The Labute approximate surface area is 120 Å². The number of amides is 2. The highest BCUT2D eigenvalue weighted by Gasteiger charge is 2.35. The molecule has 0 radical (unpaired) electrons. The predicted octanol–water partition coefficient (Wildman–Crippen LogP) is 2.76. The maximum Gasteiger partial charge on any atom is 0.293 e. The zero-order valence-corrected chi connectivity index (χ0v) is 11.7. The number of rotatable bonds is 3. The van der Waals surface area contributed by atoms with Gasteiger partial charge >= 0.3 is 0 Å². The Balaban J connectivity index is 2.20. The molecule has 1 aliphatic heterocycles. The van der Waals surface area contributed by atoms with Gasteiger partial charge in [-0.2, -0.15) is 0 Å². The zero-order valence-electron chi connectivity index (χ0n) is 10.2. The van der Waals surface area contributed by atoms with E-state index < -0.39 is 6.10 Å². The highest BCUT2D eigenvalue weighted by molar-refractivity contribution is 8.18. The first-order valence-electron chi connectivity index (χ1n) is 5.66. The van der Waals surface area contributed by atoms with Crippen LogP contribution in [0.5, 0.6) is 0 Å². The van der Waals surface area contributed by atoms with Crippen molar-refractivity contribution >= 4 is 40.6 Å². The van der Waals surface area contributed by atoms with E-state index in [0.29, 0.717) is 9.93 Å². The molecule has 2 rings (SSSR count). The lowest BCUT2D eigenvalue weighted by Crippen LogP contribution is -2.34. The number of thioether (sulfide) groups is 1. The number of nitrogens with zero attached hydrogens (tertiary/aromatic N) is 1. The average Bonchev–Trinajstić information content (AvgIpc) is 2.60. The largest absolute Gasteiger partial charge is 0.392 e. The van der Waals surface area contributed by atoms with Crippen LogP contribution in [0.3, 0.4) is 0 Å². The molecule has 0 aliphatic carbocycles. The van der Waals surface area contributed by atoms with E-state index >= 15 is 0 Å². The quantitative estimate of drug-likeness (QED) is 0.872. The summed E-state index contributed by atoms with van der Waals surface area (Å²) in [7, 11) is 0. The Morgan fingerprint density at radius 3 is 2.58 bits per heavy atom. The van der Waals surface area contributed by atoms with Crippen LogP contribution in [0.1, 0.15) is 12.5 Å². The van der Waals surface area contributed by atoms with Crippen molar-refractivity contribution in [1.29, 1.82) is 0 Å². The van der Waals surface area contributed by atoms with Gasteiger partial charge in [-0.05, 0) is 42.5 Å². The van der Waals surface area contributed by atoms with Gasteiger partial charge in [0.1, 0.15) is 0 Å². The summed E-state index contributed by atoms with van der Waals surface area (Å²) in [6.07, 6.45) is 0.909. The standard InChI is InChI=1S/C13H12ClNO3S/c1-8(16)7-15-12(17)11(19-13(15)18)6-9-2-4-10(14)5-3-9/h2-6,8,16H,7H2,1H3. The van der Waals surface area contributed by atoms with Gasteiger partial charge in [-0.1, -0.05) is 23.7 Å².